The first kappa shape index (κ1) is 19.8. The van der Waals surface area contributed by atoms with Crippen LogP contribution in [-0.4, -0.2) is 5.71 Å². The molecule has 1 heterocycles. The van der Waals surface area contributed by atoms with E-state index in [-0.39, 0.29) is 6.04 Å². The third-order valence-corrected chi connectivity index (χ3v) is 7.00. The van der Waals surface area contributed by atoms with E-state index in [0.29, 0.717) is 5.92 Å². The third-order valence-electron chi connectivity index (χ3n) is 5.94. The van der Waals surface area contributed by atoms with Gasteiger partial charge in [-0.05, 0) is 78.4 Å². The average molecular weight is 522 g/mol. The van der Waals surface area contributed by atoms with E-state index in [9.17, 15) is 0 Å². The van der Waals surface area contributed by atoms with Crippen molar-refractivity contribution in [2.45, 2.75) is 25.3 Å². The molecule has 3 aromatic rings. The smallest absolute Gasteiger partial charge is 0.0859 e. The Balaban J connectivity index is 1.58. The van der Waals surface area contributed by atoms with Crippen LogP contribution in [0.1, 0.15) is 36.4 Å². The standard InChI is InChI=1S/C26H22Br2N2/c27-21-13-9-18(10-14-21)17-20-5-4-8-24-25(20)29-30(23-6-2-1-3-7-23)26(24)19-11-15-22(28)16-12-19/h1-3,6-7,9-17,24,26H,4-5,8H2/t24-,26-/m1/s1. The summed E-state index contributed by atoms with van der Waals surface area (Å²) in [5.41, 5.74) is 6.32. The summed E-state index contributed by atoms with van der Waals surface area (Å²) in [7, 11) is 0. The maximum atomic E-state index is 5.22. The maximum Gasteiger partial charge on any atom is 0.0859 e. The van der Waals surface area contributed by atoms with Crippen LogP contribution < -0.4 is 5.01 Å². The quantitative estimate of drug-likeness (QED) is 0.340. The van der Waals surface area contributed by atoms with Gasteiger partial charge in [-0.3, -0.25) is 5.01 Å². The fourth-order valence-electron chi connectivity index (χ4n) is 4.55. The number of hydrogen-bond donors (Lipinski definition) is 0. The summed E-state index contributed by atoms with van der Waals surface area (Å²) in [5, 5.41) is 7.46. The summed E-state index contributed by atoms with van der Waals surface area (Å²) < 4.78 is 2.21. The number of anilines is 1. The lowest BCUT2D eigenvalue weighted by Crippen LogP contribution is -2.28. The van der Waals surface area contributed by atoms with E-state index >= 15 is 0 Å². The van der Waals surface area contributed by atoms with Gasteiger partial charge in [-0.2, -0.15) is 5.10 Å². The Kier molecular flexibility index (Phi) is 5.62. The van der Waals surface area contributed by atoms with Crippen molar-refractivity contribution in [2.75, 3.05) is 5.01 Å². The minimum absolute atomic E-state index is 0.226. The minimum Gasteiger partial charge on any atom is -0.257 e. The highest BCUT2D eigenvalue weighted by molar-refractivity contribution is 9.10. The molecule has 0 amide bonds. The first-order chi connectivity index (χ1) is 14.7. The van der Waals surface area contributed by atoms with Crippen LogP contribution in [0.2, 0.25) is 0 Å². The molecule has 0 bridgehead atoms. The van der Waals surface area contributed by atoms with Crippen LogP contribution in [0.15, 0.2) is 98.5 Å². The van der Waals surface area contributed by atoms with Crippen molar-refractivity contribution in [3.63, 3.8) is 0 Å². The van der Waals surface area contributed by atoms with Crippen molar-refractivity contribution in [2.24, 2.45) is 11.0 Å². The molecule has 5 rings (SSSR count). The zero-order valence-electron chi connectivity index (χ0n) is 16.5. The van der Waals surface area contributed by atoms with Gasteiger partial charge in [0, 0.05) is 14.9 Å². The lowest BCUT2D eigenvalue weighted by atomic mass is 9.77. The molecule has 0 N–H and O–H groups in total. The van der Waals surface area contributed by atoms with Gasteiger partial charge in [-0.25, -0.2) is 0 Å². The Labute approximate surface area is 194 Å². The van der Waals surface area contributed by atoms with Crippen molar-refractivity contribution in [3.05, 3.63) is 105 Å². The van der Waals surface area contributed by atoms with Crippen LogP contribution in [0.3, 0.4) is 0 Å². The average Bonchev–Trinajstić information content (AvgIpc) is 3.17. The lowest BCUT2D eigenvalue weighted by Gasteiger charge is -2.30. The molecule has 0 unspecified atom stereocenters. The molecule has 2 aliphatic rings. The van der Waals surface area contributed by atoms with Gasteiger partial charge in [0.2, 0.25) is 0 Å². The van der Waals surface area contributed by atoms with E-state index in [1.807, 2.05) is 0 Å². The molecule has 0 aromatic heterocycles. The molecule has 4 heteroatoms. The Bertz CT molecular complexity index is 1090. The molecular formula is C26H22Br2N2. The molecule has 1 aliphatic carbocycles. The first-order valence-corrected chi connectivity index (χ1v) is 11.9. The minimum atomic E-state index is 0.226. The number of benzene rings is 3. The summed E-state index contributed by atoms with van der Waals surface area (Å²) in [5.74, 6) is 0.404. The second-order valence-corrected chi connectivity index (χ2v) is 9.71. The fourth-order valence-corrected chi connectivity index (χ4v) is 5.08. The summed E-state index contributed by atoms with van der Waals surface area (Å²) in [4.78, 5) is 0. The van der Waals surface area contributed by atoms with Crippen LogP contribution in [0.4, 0.5) is 5.69 Å². The molecule has 150 valence electrons. The van der Waals surface area contributed by atoms with Crippen molar-refractivity contribution in [1.82, 2.24) is 0 Å². The Morgan fingerprint density at radius 1 is 0.833 bits per heavy atom. The normalized spacial score (nSPS) is 22.1. The Morgan fingerprint density at radius 3 is 2.20 bits per heavy atom. The highest BCUT2D eigenvalue weighted by Gasteiger charge is 2.41. The van der Waals surface area contributed by atoms with Gasteiger partial charge in [0.25, 0.3) is 0 Å². The van der Waals surface area contributed by atoms with Gasteiger partial charge in [0.15, 0.2) is 0 Å². The molecule has 1 fully saturated rings. The monoisotopic (exact) mass is 520 g/mol. The molecule has 30 heavy (non-hydrogen) atoms. The molecular weight excluding hydrogens is 500 g/mol. The Hall–Kier alpha value is -2.17. The number of hydrazone groups is 1. The van der Waals surface area contributed by atoms with E-state index in [1.54, 1.807) is 0 Å². The van der Waals surface area contributed by atoms with Crippen LogP contribution in [0.25, 0.3) is 6.08 Å². The number of halogens is 2. The van der Waals surface area contributed by atoms with Crippen LogP contribution in [0.5, 0.6) is 0 Å². The number of para-hydroxylation sites is 1. The van der Waals surface area contributed by atoms with Crippen molar-refractivity contribution < 1.29 is 0 Å². The molecule has 3 aromatic carbocycles. The van der Waals surface area contributed by atoms with E-state index in [1.165, 1.54) is 35.3 Å². The molecule has 0 saturated heterocycles. The molecule has 2 atom stereocenters. The van der Waals surface area contributed by atoms with E-state index in [0.717, 1.165) is 21.1 Å². The number of fused-ring (bicyclic) bond motifs is 1. The second kappa shape index (κ2) is 8.52. The fraction of sp³-hybridized carbons (Fsp3) is 0.192. The van der Waals surface area contributed by atoms with Crippen LogP contribution in [-0.2, 0) is 0 Å². The molecule has 0 radical (unpaired) electrons. The first-order valence-electron chi connectivity index (χ1n) is 10.3. The zero-order chi connectivity index (χ0) is 20.5. The largest absolute Gasteiger partial charge is 0.257 e. The zero-order valence-corrected chi connectivity index (χ0v) is 19.7. The molecule has 0 spiro atoms. The highest BCUT2D eigenvalue weighted by atomic mass is 79.9. The third kappa shape index (κ3) is 3.91. The van der Waals surface area contributed by atoms with E-state index < -0.39 is 0 Å². The van der Waals surface area contributed by atoms with Gasteiger partial charge < -0.3 is 0 Å². The maximum absolute atomic E-state index is 5.22. The number of nitrogens with zero attached hydrogens (tertiary/aromatic N) is 2. The van der Waals surface area contributed by atoms with Gasteiger partial charge in [-0.15, -0.1) is 0 Å². The summed E-state index contributed by atoms with van der Waals surface area (Å²) in [6.45, 7) is 0. The Morgan fingerprint density at radius 2 is 1.50 bits per heavy atom. The number of rotatable bonds is 3. The van der Waals surface area contributed by atoms with Crippen LogP contribution in [0, 0.1) is 5.92 Å². The summed E-state index contributed by atoms with van der Waals surface area (Å²) in [6, 6.07) is 28.1. The van der Waals surface area contributed by atoms with Crippen LogP contribution >= 0.6 is 31.9 Å². The van der Waals surface area contributed by atoms with Gasteiger partial charge >= 0.3 is 0 Å². The van der Waals surface area contributed by atoms with Gasteiger partial charge in [0.1, 0.15) is 0 Å². The second-order valence-electron chi connectivity index (χ2n) is 7.88. The predicted octanol–water partition coefficient (Wildman–Crippen LogP) is 8.01. The van der Waals surface area contributed by atoms with E-state index in [2.05, 4.69) is 122 Å². The van der Waals surface area contributed by atoms with Gasteiger partial charge in [0.05, 0.1) is 17.4 Å². The van der Waals surface area contributed by atoms with Crippen molar-refractivity contribution >= 4 is 49.3 Å². The topological polar surface area (TPSA) is 15.6 Å². The number of hydrogen-bond acceptors (Lipinski definition) is 2. The highest BCUT2D eigenvalue weighted by Crippen LogP contribution is 2.46. The van der Waals surface area contributed by atoms with Gasteiger partial charge in [-0.1, -0.05) is 74.3 Å². The summed E-state index contributed by atoms with van der Waals surface area (Å²) in [6.07, 6.45) is 5.77. The predicted molar refractivity (Wildman–Crippen MR) is 133 cm³/mol. The molecule has 1 saturated carbocycles. The lowest BCUT2D eigenvalue weighted by molar-refractivity contribution is 0.488. The SMILES string of the molecule is Brc1ccc(C=C2CCC[C@@H]3C2=NN(c2ccccc2)[C@@H]3c2ccc(Br)cc2)cc1. The van der Waals surface area contributed by atoms with Crippen molar-refractivity contribution in [3.8, 4) is 0 Å². The molecule has 2 nitrogen and oxygen atoms in total. The number of allylic oxidation sites excluding steroid dienone is 1. The van der Waals surface area contributed by atoms with Crippen molar-refractivity contribution in [1.29, 1.82) is 0 Å². The summed E-state index contributed by atoms with van der Waals surface area (Å²) >= 11 is 7.11. The van der Waals surface area contributed by atoms with E-state index in [4.69, 9.17) is 5.10 Å². The molecule has 1 aliphatic heterocycles.